The molecule has 0 unspecified atom stereocenters. The fraction of sp³-hybridized carbons (Fsp3) is 0.733. The number of rotatable bonds is 5. The number of aryl methyl sites for hydroxylation is 2. The van der Waals surface area contributed by atoms with Crippen molar-refractivity contribution in [3.05, 3.63) is 11.4 Å². The molecule has 0 saturated carbocycles. The quantitative estimate of drug-likeness (QED) is 0.757. The average Bonchev–Trinajstić information content (AvgIpc) is 2.82. The van der Waals surface area contributed by atoms with Gasteiger partial charge in [0.2, 0.25) is 10.0 Å². The maximum absolute atomic E-state index is 13.0. The Kier molecular flexibility index (Phi) is 5.46. The molecule has 1 aromatic rings. The first-order valence-electron chi connectivity index (χ1n) is 8.03. The Morgan fingerprint density at radius 3 is 2.61 bits per heavy atom. The summed E-state index contributed by atoms with van der Waals surface area (Å²) in [6.07, 6.45) is 1.32. The molecule has 2 heterocycles. The molecule has 0 bridgehead atoms. The van der Waals surface area contributed by atoms with Crippen molar-refractivity contribution in [1.29, 1.82) is 0 Å². The van der Waals surface area contributed by atoms with Crippen molar-refractivity contribution in [2.75, 3.05) is 19.7 Å². The first kappa shape index (κ1) is 17.9. The van der Waals surface area contributed by atoms with E-state index in [-0.39, 0.29) is 23.3 Å². The average molecular weight is 343 g/mol. The summed E-state index contributed by atoms with van der Waals surface area (Å²) in [4.78, 5) is 12.2. The lowest BCUT2D eigenvalue weighted by atomic mass is 10.0. The van der Waals surface area contributed by atoms with Crippen molar-refractivity contribution in [3.8, 4) is 0 Å². The van der Waals surface area contributed by atoms with Crippen LogP contribution in [0.3, 0.4) is 0 Å². The van der Waals surface area contributed by atoms with E-state index in [0.29, 0.717) is 43.9 Å². The number of sulfonamides is 1. The van der Waals surface area contributed by atoms with Crippen LogP contribution in [0, 0.1) is 19.8 Å². The highest BCUT2D eigenvalue weighted by molar-refractivity contribution is 7.89. The van der Waals surface area contributed by atoms with Crippen molar-refractivity contribution in [2.24, 2.45) is 5.92 Å². The monoisotopic (exact) mass is 343 g/mol. The zero-order valence-corrected chi connectivity index (χ0v) is 15.0. The van der Waals surface area contributed by atoms with Crippen LogP contribution in [0.2, 0.25) is 0 Å². The molecule has 1 atom stereocenters. The Morgan fingerprint density at radius 2 is 2.04 bits per heavy atom. The highest BCUT2D eigenvalue weighted by Crippen LogP contribution is 2.28. The van der Waals surface area contributed by atoms with Gasteiger partial charge in [0, 0.05) is 19.6 Å². The van der Waals surface area contributed by atoms with E-state index >= 15 is 0 Å². The second kappa shape index (κ2) is 7.00. The van der Waals surface area contributed by atoms with Gasteiger partial charge in [0.15, 0.2) is 0 Å². The maximum atomic E-state index is 13.0. The summed E-state index contributed by atoms with van der Waals surface area (Å²) in [7, 11) is -3.65. The number of hydrogen-bond donors (Lipinski definition) is 0. The fourth-order valence-corrected chi connectivity index (χ4v) is 5.00. The topological polar surface area (TPSA) is 81.5 Å². The van der Waals surface area contributed by atoms with Crippen LogP contribution in [-0.4, -0.2) is 48.2 Å². The number of piperidine rings is 1. The van der Waals surface area contributed by atoms with Gasteiger partial charge in [0.05, 0.1) is 23.9 Å². The van der Waals surface area contributed by atoms with E-state index in [2.05, 4.69) is 5.10 Å². The highest BCUT2D eigenvalue weighted by Gasteiger charge is 2.36. The zero-order valence-electron chi connectivity index (χ0n) is 14.2. The van der Waals surface area contributed by atoms with Gasteiger partial charge < -0.3 is 4.74 Å². The van der Waals surface area contributed by atoms with Gasteiger partial charge in [-0.2, -0.15) is 9.40 Å². The molecular weight excluding hydrogens is 318 g/mol. The summed E-state index contributed by atoms with van der Waals surface area (Å²) in [5, 5.41) is 4.29. The van der Waals surface area contributed by atoms with E-state index in [1.165, 1.54) is 4.31 Å². The molecule has 0 aromatic carbocycles. The van der Waals surface area contributed by atoms with E-state index < -0.39 is 10.0 Å². The molecule has 0 amide bonds. The molecule has 0 N–H and O–H groups in total. The Labute approximate surface area is 137 Å². The molecule has 23 heavy (non-hydrogen) atoms. The molecule has 130 valence electrons. The van der Waals surface area contributed by atoms with Crippen molar-refractivity contribution < 1.29 is 17.9 Å². The second-order valence-electron chi connectivity index (χ2n) is 5.77. The van der Waals surface area contributed by atoms with Gasteiger partial charge in [0.25, 0.3) is 0 Å². The van der Waals surface area contributed by atoms with E-state index in [4.69, 9.17) is 4.74 Å². The molecule has 0 radical (unpaired) electrons. The first-order valence-corrected chi connectivity index (χ1v) is 9.47. The summed E-state index contributed by atoms with van der Waals surface area (Å²) >= 11 is 0. The number of ether oxygens (including phenoxy) is 1. The van der Waals surface area contributed by atoms with Crippen molar-refractivity contribution in [3.63, 3.8) is 0 Å². The van der Waals surface area contributed by atoms with Crippen LogP contribution in [-0.2, 0) is 26.1 Å². The van der Waals surface area contributed by atoms with Crippen LogP contribution in [0.1, 0.15) is 38.1 Å². The highest BCUT2D eigenvalue weighted by atomic mass is 32.2. The summed E-state index contributed by atoms with van der Waals surface area (Å²) in [6.45, 7) is 8.68. The third-order valence-corrected chi connectivity index (χ3v) is 6.33. The lowest BCUT2D eigenvalue weighted by Crippen LogP contribution is -2.43. The third kappa shape index (κ3) is 3.42. The van der Waals surface area contributed by atoms with E-state index in [1.807, 2.05) is 6.92 Å². The summed E-state index contributed by atoms with van der Waals surface area (Å²) in [5.74, 6) is -0.703. The van der Waals surface area contributed by atoms with Gasteiger partial charge in [-0.3, -0.25) is 9.48 Å². The minimum atomic E-state index is -3.65. The summed E-state index contributed by atoms with van der Waals surface area (Å²) in [5.41, 5.74) is 1.14. The minimum Gasteiger partial charge on any atom is -0.466 e. The first-order chi connectivity index (χ1) is 10.8. The molecule has 1 saturated heterocycles. The van der Waals surface area contributed by atoms with Gasteiger partial charge in [0.1, 0.15) is 4.90 Å². The zero-order chi connectivity index (χ0) is 17.2. The lowest BCUT2D eigenvalue weighted by Gasteiger charge is -2.30. The van der Waals surface area contributed by atoms with Crippen LogP contribution in [0.5, 0.6) is 0 Å². The third-order valence-electron chi connectivity index (χ3n) is 4.22. The minimum absolute atomic E-state index is 0.178. The summed E-state index contributed by atoms with van der Waals surface area (Å²) in [6, 6.07) is 0. The molecule has 2 rings (SSSR count). The van der Waals surface area contributed by atoms with Crippen LogP contribution < -0.4 is 0 Å². The number of nitrogens with zero attached hydrogens (tertiary/aromatic N) is 3. The lowest BCUT2D eigenvalue weighted by molar-refractivity contribution is -0.149. The Balaban J connectivity index is 2.29. The second-order valence-corrected chi connectivity index (χ2v) is 7.64. The van der Waals surface area contributed by atoms with E-state index in [1.54, 1.807) is 25.5 Å². The smallest absolute Gasteiger partial charge is 0.310 e. The summed E-state index contributed by atoms with van der Waals surface area (Å²) < 4.78 is 34.1. The molecule has 0 aliphatic carbocycles. The van der Waals surface area contributed by atoms with Crippen LogP contribution in [0.4, 0.5) is 0 Å². The molecule has 7 nitrogen and oxygen atoms in total. The van der Waals surface area contributed by atoms with E-state index in [0.717, 1.165) is 0 Å². The Hall–Kier alpha value is -1.41. The fourth-order valence-electron chi connectivity index (χ4n) is 3.10. The molecule has 1 aliphatic rings. The Morgan fingerprint density at radius 1 is 1.35 bits per heavy atom. The van der Waals surface area contributed by atoms with Crippen molar-refractivity contribution in [1.82, 2.24) is 14.1 Å². The van der Waals surface area contributed by atoms with Gasteiger partial charge in [-0.1, -0.05) is 0 Å². The van der Waals surface area contributed by atoms with Gasteiger partial charge in [-0.25, -0.2) is 8.42 Å². The maximum Gasteiger partial charge on any atom is 0.310 e. The van der Waals surface area contributed by atoms with Crippen LogP contribution in [0.15, 0.2) is 4.90 Å². The number of hydrogen-bond acceptors (Lipinski definition) is 5. The largest absolute Gasteiger partial charge is 0.466 e. The SMILES string of the molecule is CCOC(=O)[C@@H]1CCCN(S(=O)(=O)c2c(C)nn(CC)c2C)C1. The molecule has 1 fully saturated rings. The predicted molar refractivity (Wildman–Crippen MR) is 85.5 cm³/mol. The Bertz CT molecular complexity index is 681. The van der Waals surface area contributed by atoms with Crippen LogP contribution >= 0.6 is 0 Å². The molecule has 1 aliphatic heterocycles. The van der Waals surface area contributed by atoms with Crippen molar-refractivity contribution in [2.45, 2.75) is 52.0 Å². The molecule has 0 spiro atoms. The standard InChI is InChI=1S/C15H25N3O4S/c1-5-18-12(4)14(11(3)16-18)23(20,21)17-9-7-8-13(10-17)15(19)22-6-2/h13H,5-10H2,1-4H3/t13-/m1/s1. The number of carbonyl (C=O) groups excluding carboxylic acids is 1. The number of aromatic nitrogens is 2. The van der Waals surface area contributed by atoms with Gasteiger partial charge in [-0.15, -0.1) is 0 Å². The van der Waals surface area contributed by atoms with Gasteiger partial charge >= 0.3 is 5.97 Å². The van der Waals surface area contributed by atoms with Crippen molar-refractivity contribution >= 4 is 16.0 Å². The molecule has 1 aromatic heterocycles. The number of esters is 1. The van der Waals surface area contributed by atoms with E-state index in [9.17, 15) is 13.2 Å². The molecular formula is C15H25N3O4S. The van der Waals surface area contributed by atoms with Gasteiger partial charge in [-0.05, 0) is 40.5 Å². The predicted octanol–water partition coefficient (Wildman–Crippen LogP) is 1.48. The normalized spacial score (nSPS) is 19.7. The molecule has 8 heteroatoms. The van der Waals surface area contributed by atoms with Crippen LogP contribution in [0.25, 0.3) is 0 Å². The number of carbonyl (C=O) groups is 1.